The third kappa shape index (κ3) is 16.2. The monoisotopic (exact) mass is 631 g/mol. The number of aromatic nitrogens is 2. The van der Waals surface area contributed by atoms with E-state index in [1.165, 1.54) is 6.07 Å². The van der Waals surface area contributed by atoms with Crippen LogP contribution >= 0.6 is 15.2 Å². The normalized spacial score (nSPS) is 14.3. The molecule has 0 unspecified atom stereocenters. The number of ether oxygens (including phenoxy) is 4. The summed E-state index contributed by atoms with van der Waals surface area (Å²) in [6.45, 7) is 12.5. The van der Waals surface area contributed by atoms with E-state index in [0.717, 1.165) is 0 Å². The van der Waals surface area contributed by atoms with Crippen LogP contribution in [0.3, 0.4) is 0 Å². The Kier molecular flexibility index (Phi) is 16.8. The Bertz CT molecular complexity index is 883. The van der Waals surface area contributed by atoms with Crippen molar-refractivity contribution in [2.24, 2.45) is 0 Å². The number of hydrogen-bond donors (Lipinski definition) is 3. The van der Waals surface area contributed by atoms with E-state index >= 15 is 0 Å². The first kappa shape index (κ1) is 37.6. The first-order valence-corrected chi connectivity index (χ1v) is 16.8. The van der Waals surface area contributed by atoms with Crippen LogP contribution in [0, 0.1) is 0 Å². The van der Waals surface area contributed by atoms with Gasteiger partial charge in [0.15, 0.2) is 0 Å². The van der Waals surface area contributed by atoms with Gasteiger partial charge in [-0.15, -0.1) is 0 Å². The van der Waals surface area contributed by atoms with E-state index in [4.69, 9.17) is 42.8 Å². The molecule has 0 spiro atoms. The van der Waals surface area contributed by atoms with Crippen molar-refractivity contribution >= 4 is 21.1 Å². The Labute approximate surface area is 242 Å². The van der Waals surface area contributed by atoms with Gasteiger partial charge in [-0.05, 0) is 55.4 Å². The zero-order chi connectivity index (χ0) is 31.2. The van der Waals surface area contributed by atoms with Crippen LogP contribution < -0.4 is 15.2 Å². The van der Waals surface area contributed by atoms with Crippen LogP contribution in [0.15, 0.2) is 6.07 Å². The molecule has 240 valence electrons. The Morgan fingerprint density at radius 3 is 1.27 bits per heavy atom. The van der Waals surface area contributed by atoms with E-state index in [-0.39, 0.29) is 55.3 Å². The fraction of sp³-hybridized carbons (Fsp3) is 0.833. The maximum absolute atomic E-state index is 13.0. The summed E-state index contributed by atoms with van der Waals surface area (Å²) >= 11 is 0. The second kappa shape index (κ2) is 18.3. The molecule has 0 aromatic carbocycles. The molecule has 0 aliphatic carbocycles. The number of aliphatic hydroxyl groups excluding tert-OH is 2. The molecule has 0 bridgehead atoms. The van der Waals surface area contributed by atoms with Crippen molar-refractivity contribution < 1.29 is 56.4 Å². The Morgan fingerprint density at radius 1 is 0.683 bits per heavy atom. The van der Waals surface area contributed by atoms with Crippen molar-refractivity contribution in [3.05, 3.63) is 6.07 Å². The summed E-state index contributed by atoms with van der Waals surface area (Å²) in [5.41, 5.74) is 5.77. The summed E-state index contributed by atoms with van der Waals surface area (Å²) in [7, 11) is -7.17. The molecule has 0 amide bonds. The largest absolute Gasteiger partial charge is 0.475 e. The van der Waals surface area contributed by atoms with Gasteiger partial charge in [0.1, 0.15) is 38.1 Å². The molecular formula is C24H47N3O12P2. The maximum atomic E-state index is 13.0. The van der Waals surface area contributed by atoms with Gasteiger partial charge >= 0.3 is 15.2 Å². The van der Waals surface area contributed by atoms with Gasteiger partial charge in [0.2, 0.25) is 17.7 Å². The van der Waals surface area contributed by atoms with Gasteiger partial charge in [-0.2, -0.15) is 9.97 Å². The second-order valence-electron chi connectivity index (χ2n) is 10.1. The minimum atomic E-state index is -3.58. The van der Waals surface area contributed by atoms with Crippen molar-refractivity contribution in [3.63, 3.8) is 0 Å². The van der Waals surface area contributed by atoms with E-state index < -0.39 is 53.3 Å². The van der Waals surface area contributed by atoms with Gasteiger partial charge < -0.3 is 53.0 Å². The molecule has 0 aliphatic rings. The van der Waals surface area contributed by atoms with E-state index in [0.29, 0.717) is 0 Å². The smallest absolute Gasteiger partial charge is 0.356 e. The fourth-order valence-electron chi connectivity index (χ4n) is 3.08. The summed E-state index contributed by atoms with van der Waals surface area (Å²) in [5.74, 6) is -0.145. The molecule has 0 radical (unpaired) electrons. The highest BCUT2D eigenvalue weighted by molar-refractivity contribution is 7.53. The molecule has 15 nitrogen and oxygen atoms in total. The predicted molar refractivity (Wildman–Crippen MR) is 151 cm³/mol. The molecule has 0 saturated heterocycles. The lowest BCUT2D eigenvalue weighted by molar-refractivity contribution is -0.00753. The van der Waals surface area contributed by atoms with Gasteiger partial charge in [0, 0.05) is 0 Å². The lowest BCUT2D eigenvalue weighted by Crippen LogP contribution is -2.28. The fourth-order valence-corrected chi connectivity index (χ4v) is 6.78. The topological polar surface area (TPSA) is 200 Å². The second-order valence-corrected chi connectivity index (χ2v) is 13.9. The summed E-state index contributed by atoms with van der Waals surface area (Å²) in [6, 6.07) is 1.34. The minimum absolute atomic E-state index is 0.0104. The number of nitrogens with two attached hydrogens (primary N) is 1. The zero-order valence-electron chi connectivity index (χ0n) is 25.1. The Hall–Kier alpha value is -1.38. The third-order valence-corrected chi connectivity index (χ3v) is 8.26. The van der Waals surface area contributed by atoms with Crippen molar-refractivity contribution in [1.82, 2.24) is 9.97 Å². The minimum Gasteiger partial charge on any atom is -0.475 e. The SMILES string of the molecule is CC(C)OP(=O)(CO[C@@H](CO)COc1cc(OC[C@H](CO)OCP(=O)(OC(C)C)OC(C)C)nc(N)n1)OC(C)C. The molecule has 4 N–H and O–H groups in total. The Morgan fingerprint density at radius 2 is 1.00 bits per heavy atom. The maximum Gasteiger partial charge on any atom is 0.356 e. The quantitative estimate of drug-likeness (QED) is 0.157. The highest BCUT2D eigenvalue weighted by atomic mass is 31.2. The molecule has 0 aliphatic heterocycles. The van der Waals surface area contributed by atoms with E-state index in [1.54, 1.807) is 55.4 Å². The van der Waals surface area contributed by atoms with Gasteiger partial charge in [-0.3, -0.25) is 9.13 Å². The molecule has 1 rings (SSSR count). The molecule has 0 saturated carbocycles. The summed E-state index contributed by atoms with van der Waals surface area (Å²) in [5, 5.41) is 19.4. The summed E-state index contributed by atoms with van der Waals surface area (Å²) < 4.78 is 70.0. The predicted octanol–water partition coefficient (Wildman–Crippen LogP) is 3.57. The van der Waals surface area contributed by atoms with Gasteiger partial charge in [-0.1, -0.05) is 0 Å². The first-order valence-electron chi connectivity index (χ1n) is 13.3. The molecule has 41 heavy (non-hydrogen) atoms. The van der Waals surface area contributed by atoms with E-state index in [1.807, 2.05) is 0 Å². The number of hydrogen-bond acceptors (Lipinski definition) is 15. The summed E-state index contributed by atoms with van der Waals surface area (Å²) in [4.78, 5) is 7.94. The third-order valence-electron chi connectivity index (χ3n) is 4.36. The van der Waals surface area contributed by atoms with Crippen molar-refractivity contribution in [1.29, 1.82) is 0 Å². The van der Waals surface area contributed by atoms with E-state index in [9.17, 15) is 19.3 Å². The number of nitrogen functional groups attached to an aromatic ring is 1. The van der Waals surface area contributed by atoms with Crippen LogP contribution in [0.1, 0.15) is 55.4 Å². The zero-order valence-corrected chi connectivity index (χ0v) is 26.9. The van der Waals surface area contributed by atoms with Crippen LogP contribution in [-0.4, -0.2) is 95.9 Å². The average Bonchev–Trinajstić information content (AvgIpc) is 2.81. The molecule has 1 aromatic rings. The van der Waals surface area contributed by atoms with Crippen LogP contribution in [0.5, 0.6) is 11.8 Å². The number of rotatable bonds is 22. The number of aliphatic hydroxyl groups is 2. The lowest BCUT2D eigenvalue weighted by Gasteiger charge is -2.25. The van der Waals surface area contributed by atoms with Gasteiger partial charge in [0.25, 0.3) is 0 Å². The first-order chi connectivity index (χ1) is 19.1. The average molecular weight is 632 g/mol. The molecule has 0 fully saturated rings. The van der Waals surface area contributed by atoms with Crippen molar-refractivity contribution in [3.8, 4) is 11.8 Å². The van der Waals surface area contributed by atoms with Crippen molar-refractivity contribution in [2.75, 3.05) is 44.9 Å². The lowest BCUT2D eigenvalue weighted by atomic mass is 10.4. The van der Waals surface area contributed by atoms with Crippen molar-refractivity contribution in [2.45, 2.75) is 92.0 Å². The van der Waals surface area contributed by atoms with Gasteiger partial charge in [0.05, 0.1) is 43.7 Å². The molecular weight excluding hydrogens is 584 g/mol. The van der Waals surface area contributed by atoms with Crippen LogP contribution in [-0.2, 0) is 36.7 Å². The number of anilines is 1. The molecule has 2 atom stereocenters. The standard InChI is InChI=1S/C24H47N3O12P2/c1-16(2)36-40(30,37-17(3)4)14-34-20(10-28)12-32-22-9-23(27-24(25)26-22)33-13-21(11-29)35-15-41(31,38-18(5)6)39-19(7)8/h9,16-21,28-29H,10-15H2,1-8H3,(H2,25,26,27)/t20-,21-/m0/s1. The molecule has 1 aromatic heterocycles. The summed E-state index contributed by atoms with van der Waals surface area (Å²) in [6.07, 6.45) is -4.02. The van der Waals surface area contributed by atoms with Gasteiger partial charge in [-0.25, -0.2) is 0 Å². The Balaban J connectivity index is 2.76. The number of nitrogens with zero attached hydrogens (tertiary/aromatic N) is 2. The van der Waals surface area contributed by atoms with Crippen LogP contribution in [0.25, 0.3) is 0 Å². The molecule has 17 heteroatoms. The van der Waals surface area contributed by atoms with E-state index in [2.05, 4.69) is 9.97 Å². The molecule has 1 heterocycles. The van der Waals surface area contributed by atoms with Crippen LogP contribution in [0.2, 0.25) is 0 Å². The van der Waals surface area contributed by atoms with Crippen LogP contribution in [0.4, 0.5) is 5.95 Å². The highest BCUT2D eigenvalue weighted by Gasteiger charge is 2.31. The highest BCUT2D eigenvalue weighted by Crippen LogP contribution is 2.51.